The summed E-state index contributed by atoms with van der Waals surface area (Å²) in [4.78, 5) is 10.4. The molecule has 0 amide bonds. The highest BCUT2D eigenvalue weighted by Crippen LogP contribution is 2.31. The van der Waals surface area contributed by atoms with E-state index in [1.807, 2.05) is 0 Å². The van der Waals surface area contributed by atoms with Crippen LogP contribution in [0.15, 0.2) is 12.7 Å². The van der Waals surface area contributed by atoms with Gasteiger partial charge in [0.15, 0.2) is 0 Å². The third kappa shape index (κ3) is 4.16. The molecule has 12 heavy (non-hydrogen) atoms. The molecule has 70 valence electrons. The van der Waals surface area contributed by atoms with Gasteiger partial charge in [-0.15, -0.1) is 6.58 Å². The number of carbonyl (C=O) groups excluding carboxylic acids is 1. The number of halogens is 3. The van der Waals surface area contributed by atoms with Crippen molar-refractivity contribution < 1.29 is 18.0 Å². The maximum atomic E-state index is 12.1. The molecule has 0 saturated carbocycles. The SMILES string of the molecule is C=CC[C@H](CC(C)=O)C(F)(F)F. The van der Waals surface area contributed by atoms with Gasteiger partial charge in [-0.25, -0.2) is 0 Å². The highest BCUT2D eigenvalue weighted by molar-refractivity contribution is 5.75. The molecule has 0 aromatic rings. The lowest BCUT2D eigenvalue weighted by atomic mass is 9.99. The Morgan fingerprint density at radius 3 is 2.33 bits per heavy atom. The van der Waals surface area contributed by atoms with Crippen molar-refractivity contribution in [3.63, 3.8) is 0 Å². The quantitative estimate of drug-likeness (QED) is 0.608. The van der Waals surface area contributed by atoms with E-state index in [1.165, 1.54) is 6.08 Å². The van der Waals surface area contributed by atoms with Crippen molar-refractivity contribution >= 4 is 5.78 Å². The normalized spacial score (nSPS) is 14.0. The Labute approximate surface area is 69.3 Å². The van der Waals surface area contributed by atoms with Crippen molar-refractivity contribution in [2.75, 3.05) is 0 Å². The summed E-state index contributed by atoms with van der Waals surface area (Å²) in [5.74, 6) is -2.01. The molecule has 0 aliphatic heterocycles. The van der Waals surface area contributed by atoms with Gasteiger partial charge in [0, 0.05) is 6.42 Å². The van der Waals surface area contributed by atoms with Crippen molar-refractivity contribution in [2.24, 2.45) is 5.92 Å². The molecule has 0 aliphatic rings. The molecule has 1 atom stereocenters. The molecule has 0 fully saturated rings. The third-order valence-electron chi connectivity index (χ3n) is 1.45. The van der Waals surface area contributed by atoms with E-state index in [0.29, 0.717) is 0 Å². The second kappa shape index (κ2) is 4.28. The van der Waals surface area contributed by atoms with Crippen LogP contribution in [0.5, 0.6) is 0 Å². The van der Waals surface area contributed by atoms with Crippen LogP contribution >= 0.6 is 0 Å². The van der Waals surface area contributed by atoms with Crippen LogP contribution in [0.1, 0.15) is 19.8 Å². The number of rotatable bonds is 4. The zero-order valence-corrected chi connectivity index (χ0v) is 6.82. The molecule has 0 unspecified atom stereocenters. The van der Waals surface area contributed by atoms with Crippen molar-refractivity contribution in [1.82, 2.24) is 0 Å². The van der Waals surface area contributed by atoms with Gasteiger partial charge in [0.1, 0.15) is 5.78 Å². The molecule has 0 bridgehead atoms. The average molecular weight is 180 g/mol. The minimum atomic E-state index is -4.29. The number of Topliss-reactive ketones (excluding diaryl/α,β-unsaturated/α-hetero) is 1. The van der Waals surface area contributed by atoms with Gasteiger partial charge < -0.3 is 4.79 Å². The Morgan fingerprint density at radius 1 is 1.58 bits per heavy atom. The zero-order valence-electron chi connectivity index (χ0n) is 6.82. The van der Waals surface area contributed by atoms with Crippen LogP contribution < -0.4 is 0 Å². The fourth-order valence-corrected chi connectivity index (χ4v) is 0.881. The first-order valence-electron chi connectivity index (χ1n) is 3.55. The van der Waals surface area contributed by atoms with Gasteiger partial charge in [0.05, 0.1) is 5.92 Å². The number of alkyl halides is 3. The second-order valence-electron chi connectivity index (χ2n) is 2.67. The molecule has 0 radical (unpaired) electrons. The van der Waals surface area contributed by atoms with E-state index in [4.69, 9.17) is 0 Å². The number of carbonyl (C=O) groups is 1. The first kappa shape index (κ1) is 11.2. The predicted molar refractivity (Wildman–Crippen MR) is 39.7 cm³/mol. The molecule has 0 spiro atoms. The average Bonchev–Trinajstić information content (AvgIpc) is 1.83. The zero-order chi connectivity index (χ0) is 9.78. The third-order valence-corrected chi connectivity index (χ3v) is 1.45. The lowest BCUT2D eigenvalue weighted by Gasteiger charge is -2.16. The lowest BCUT2D eigenvalue weighted by molar-refractivity contribution is -0.177. The molecule has 0 aromatic carbocycles. The van der Waals surface area contributed by atoms with E-state index in [0.717, 1.165) is 6.92 Å². The molecule has 0 rings (SSSR count). The van der Waals surface area contributed by atoms with Gasteiger partial charge in [-0.1, -0.05) is 6.08 Å². The summed E-state index contributed by atoms with van der Waals surface area (Å²) in [5.41, 5.74) is 0. The molecule has 0 aliphatic carbocycles. The van der Waals surface area contributed by atoms with E-state index in [9.17, 15) is 18.0 Å². The molecule has 0 heterocycles. The monoisotopic (exact) mass is 180 g/mol. The lowest BCUT2D eigenvalue weighted by Crippen LogP contribution is -2.24. The molecule has 0 saturated heterocycles. The van der Waals surface area contributed by atoms with Crippen LogP contribution in [0.2, 0.25) is 0 Å². The summed E-state index contributed by atoms with van der Waals surface area (Å²) in [7, 11) is 0. The summed E-state index contributed by atoms with van der Waals surface area (Å²) in [5, 5.41) is 0. The van der Waals surface area contributed by atoms with E-state index in [2.05, 4.69) is 6.58 Å². The fraction of sp³-hybridized carbons (Fsp3) is 0.625. The minimum Gasteiger partial charge on any atom is -0.300 e. The molecule has 0 aromatic heterocycles. The summed E-state index contributed by atoms with van der Waals surface area (Å²) in [6, 6.07) is 0. The van der Waals surface area contributed by atoms with Crippen LogP contribution in [0, 0.1) is 5.92 Å². The van der Waals surface area contributed by atoms with E-state index in [-0.39, 0.29) is 6.42 Å². The van der Waals surface area contributed by atoms with E-state index in [1.54, 1.807) is 0 Å². The van der Waals surface area contributed by atoms with Crippen molar-refractivity contribution in [2.45, 2.75) is 25.9 Å². The van der Waals surface area contributed by atoms with E-state index < -0.39 is 24.3 Å². The minimum absolute atomic E-state index is 0.191. The van der Waals surface area contributed by atoms with Crippen LogP contribution in [-0.2, 0) is 4.79 Å². The molecular formula is C8H11F3O. The summed E-state index contributed by atoms with van der Waals surface area (Å²) in [6.45, 7) is 4.36. The maximum absolute atomic E-state index is 12.1. The number of ketones is 1. The van der Waals surface area contributed by atoms with Crippen molar-refractivity contribution in [3.8, 4) is 0 Å². The Bertz CT molecular complexity index is 172. The van der Waals surface area contributed by atoms with Gasteiger partial charge in [-0.2, -0.15) is 13.2 Å². The largest absolute Gasteiger partial charge is 0.392 e. The fourth-order valence-electron chi connectivity index (χ4n) is 0.881. The Morgan fingerprint density at radius 2 is 2.08 bits per heavy atom. The van der Waals surface area contributed by atoms with Gasteiger partial charge in [0.2, 0.25) is 0 Å². The van der Waals surface area contributed by atoms with Gasteiger partial charge in [-0.3, -0.25) is 0 Å². The number of hydrogen-bond donors (Lipinski definition) is 0. The highest BCUT2D eigenvalue weighted by Gasteiger charge is 2.38. The smallest absolute Gasteiger partial charge is 0.300 e. The Hall–Kier alpha value is -0.800. The predicted octanol–water partition coefficient (Wildman–Crippen LogP) is 2.72. The summed E-state index contributed by atoms with van der Waals surface area (Å²) < 4.78 is 36.2. The number of hydrogen-bond acceptors (Lipinski definition) is 1. The van der Waals surface area contributed by atoms with Crippen LogP contribution in [0.25, 0.3) is 0 Å². The topological polar surface area (TPSA) is 17.1 Å². The number of allylic oxidation sites excluding steroid dienone is 1. The molecular weight excluding hydrogens is 169 g/mol. The van der Waals surface area contributed by atoms with Gasteiger partial charge >= 0.3 is 6.18 Å². The van der Waals surface area contributed by atoms with Gasteiger partial charge in [-0.05, 0) is 13.3 Å². The second-order valence-corrected chi connectivity index (χ2v) is 2.67. The molecule has 4 heteroatoms. The maximum Gasteiger partial charge on any atom is 0.392 e. The van der Waals surface area contributed by atoms with Crippen molar-refractivity contribution in [3.05, 3.63) is 12.7 Å². The standard InChI is InChI=1S/C8H11F3O/c1-3-4-7(5-6(2)12)8(9,10)11/h3,7H,1,4-5H2,2H3/t7-/m1/s1. The molecule has 1 nitrogen and oxygen atoms in total. The Kier molecular flexibility index (Phi) is 4.00. The van der Waals surface area contributed by atoms with Crippen LogP contribution in [-0.4, -0.2) is 12.0 Å². The van der Waals surface area contributed by atoms with Crippen LogP contribution in [0.3, 0.4) is 0 Å². The van der Waals surface area contributed by atoms with Gasteiger partial charge in [0.25, 0.3) is 0 Å². The molecule has 0 N–H and O–H groups in total. The first-order chi connectivity index (χ1) is 5.38. The van der Waals surface area contributed by atoms with Crippen LogP contribution in [0.4, 0.5) is 13.2 Å². The van der Waals surface area contributed by atoms with Crippen molar-refractivity contribution in [1.29, 1.82) is 0 Å². The summed E-state index contributed by atoms with van der Waals surface area (Å²) >= 11 is 0. The van der Waals surface area contributed by atoms with E-state index >= 15 is 0 Å². The Balaban J connectivity index is 4.22. The first-order valence-corrected chi connectivity index (χ1v) is 3.55. The summed E-state index contributed by atoms with van der Waals surface area (Å²) in [6.07, 6.45) is -3.75. The highest BCUT2D eigenvalue weighted by atomic mass is 19.4.